The molecular formula is C11H14F8. The van der Waals surface area contributed by atoms with Crippen LogP contribution in [0.15, 0.2) is 0 Å². The van der Waals surface area contributed by atoms with Gasteiger partial charge in [0.05, 0.1) is 11.8 Å². The molecule has 0 nitrogen and oxygen atoms in total. The van der Waals surface area contributed by atoms with Gasteiger partial charge in [-0.2, -0.15) is 26.3 Å². The summed E-state index contributed by atoms with van der Waals surface area (Å²) in [6.07, 6.45) is -11.8. The highest BCUT2D eigenvalue weighted by atomic mass is 19.4. The monoisotopic (exact) mass is 298 g/mol. The average Bonchev–Trinajstić information content (AvgIpc) is 2.43. The molecule has 19 heavy (non-hydrogen) atoms. The van der Waals surface area contributed by atoms with E-state index in [0.717, 1.165) is 13.8 Å². The zero-order valence-corrected chi connectivity index (χ0v) is 10.2. The van der Waals surface area contributed by atoms with Gasteiger partial charge in [0.1, 0.15) is 0 Å². The topological polar surface area (TPSA) is 0 Å². The van der Waals surface area contributed by atoms with Crippen LogP contribution in [0, 0.1) is 23.7 Å². The van der Waals surface area contributed by atoms with Crippen LogP contribution in [0.4, 0.5) is 35.1 Å². The third-order valence-electron chi connectivity index (χ3n) is 3.88. The molecule has 0 bridgehead atoms. The van der Waals surface area contributed by atoms with Crippen molar-refractivity contribution < 1.29 is 35.1 Å². The fraction of sp³-hybridized carbons (Fsp3) is 1.00. The summed E-state index contributed by atoms with van der Waals surface area (Å²) < 4.78 is 104. The maximum absolute atomic E-state index is 13.8. The summed E-state index contributed by atoms with van der Waals surface area (Å²) >= 11 is 0. The second-order valence-corrected chi connectivity index (χ2v) is 4.84. The third-order valence-corrected chi connectivity index (χ3v) is 3.88. The van der Waals surface area contributed by atoms with E-state index in [0.29, 0.717) is 0 Å². The molecule has 0 aromatic rings. The van der Waals surface area contributed by atoms with Gasteiger partial charge < -0.3 is 0 Å². The van der Waals surface area contributed by atoms with E-state index >= 15 is 0 Å². The highest BCUT2D eigenvalue weighted by molar-refractivity contribution is 5.05. The second kappa shape index (κ2) is 4.77. The zero-order valence-electron chi connectivity index (χ0n) is 10.2. The van der Waals surface area contributed by atoms with Crippen LogP contribution in [-0.4, -0.2) is 18.3 Å². The predicted molar refractivity (Wildman–Crippen MR) is 51.6 cm³/mol. The molecule has 0 heterocycles. The molecule has 114 valence electrons. The second-order valence-electron chi connectivity index (χ2n) is 4.84. The van der Waals surface area contributed by atoms with Crippen molar-refractivity contribution in [3.8, 4) is 0 Å². The average molecular weight is 298 g/mol. The van der Waals surface area contributed by atoms with Gasteiger partial charge in [-0.15, -0.1) is 0 Å². The van der Waals surface area contributed by atoms with Crippen LogP contribution < -0.4 is 0 Å². The van der Waals surface area contributed by atoms with Crippen molar-refractivity contribution in [2.45, 2.75) is 45.0 Å². The van der Waals surface area contributed by atoms with Crippen molar-refractivity contribution in [3.05, 3.63) is 0 Å². The molecule has 0 radical (unpaired) electrons. The fourth-order valence-corrected chi connectivity index (χ4v) is 3.17. The first-order valence-electron chi connectivity index (χ1n) is 5.90. The van der Waals surface area contributed by atoms with Gasteiger partial charge in [-0.25, -0.2) is 8.78 Å². The van der Waals surface area contributed by atoms with Crippen molar-refractivity contribution in [3.63, 3.8) is 0 Å². The van der Waals surface area contributed by atoms with E-state index in [1.165, 1.54) is 0 Å². The Labute approximate surface area is 105 Å². The molecule has 0 saturated heterocycles. The van der Waals surface area contributed by atoms with E-state index in [1.54, 1.807) is 0 Å². The van der Waals surface area contributed by atoms with Crippen molar-refractivity contribution >= 4 is 0 Å². The molecule has 1 fully saturated rings. The molecule has 0 N–H and O–H groups in total. The summed E-state index contributed by atoms with van der Waals surface area (Å²) in [5.41, 5.74) is 0. The van der Waals surface area contributed by atoms with Crippen LogP contribution in [0.5, 0.6) is 0 Å². The lowest BCUT2D eigenvalue weighted by Crippen LogP contribution is -2.40. The van der Waals surface area contributed by atoms with Gasteiger partial charge in [-0.05, 0) is 12.8 Å². The van der Waals surface area contributed by atoms with Crippen LogP contribution in [-0.2, 0) is 0 Å². The lowest BCUT2D eigenvalue weighted by atomic mass is 9.84. The summed E-state index contributed by atoms with van der Waals surface area (Å²) in [6, 6.07) is 0. The Morgan fingerprint density at radius 3 is 1.16 bits per heavy atom. The van der Waals surface area contributed by atoms with Gasteiger partial charge in [0.25, 0.3) is 5.92 Å². The Kier molecular flexibility index (Phi) is 4.14. The highest BCUT2D eigenvalue weighted by Gasteiger charge is 2.73. The number of halogens is 8. The summed E-state index contributed by atoms with van der Waals surface area (Å²) in [4.78, 5) is 0. The van der Waals surface area contributed by atoms with Crippen molar-refractivity contribution in [2.24, 2.45) is 23.7 Å². The minimum Gasteiger partial charge on any atom is -0.206 e. The van der Waals surface area contributed by atoms with E-state index in [4.69, 9.17) is 0 Å². The van der Waals surface area contributed by atoms with Crippen molar-refractivity contribution in [1.29, 1.82) is 0 Å². The van der Waals surface area contributed by atoms with Crippen LogP contribution in [0.3, 0.4) is 0 Å². The van der Waals surface area contributed by atoms with E-state index < -0.39 is 54.8 Å². The first-order chi connectivity index (χ1) is 8.39. The Morgan fingerprint density at radius 1 is 0.737 bits per heavy atom. The van der Waals surface area contributed by atoms with Gasteiger partial charge in [-0.3, -0.25) is 0 Å². The molecule has 1 rings (SSSR count). The molecule has 4 atom stereocenters. The number of hydrogen-bond acceptors (Lipinski definition) is 0. The molecular weight excluding hydrogens is 284 g/mol. The van der Waals surface area contributed by atoms with Crippen LogP contribution >= 0.6 is 0 Å². The molecule has 0 amide bonds. The Balaban J connectivity index is 3.38. The minimum absolute atomic E-state index is 0.639. The fourth-order valence-electron chi connectivity index (χ4n) is 3.17. The van der Waals surface area contributed by atoms with Crippen LogP contribution in [0.1, 0.15) is 26.7 Å². The lowest BCUT2D eigenvalue weighted by molar-refractivity contribution is -0.259. The maximum atomic E-state index is 13.8. The molecule has 0 aromatic heterocycles. The number of alkyl halides is 8. The highest BCUT2D eigenvalue weighted by Crippen LogP contribution is 2.63. The quantitative estimate of drug-likeness (QED) is 0.626. The largest absolute Gasteiger partial charge is 0.392 e. The first kappa shape index (κ1) is 16.5. The molecule has 1 aliphatic rings. The number of rotatable bonds is 2. The lowest BCUT2D eigenvalue weighted by Gasteiger charge is -2.28. The Bertz CT molecular complexity index is 286. The third kappa shape index (κ3) is 2.67. The van der Waals surface area contributed by atoms with E-state index in [2.05, 4.69) is 0 Å². The summed E-state index contributed by atoms with van der Waals surface area (Å²) in [7, 11) is 0. The van der Waals surface area contributed by atoms with E-state index in [9.17, 15) is 35.1 Å². The summed E-state index contributed by atoms with van der Waals surface area (Å²) in [6.45, 7) is 2.12. The molecule has 1 aliphatic carbocycles. The van der Waals surface area contributed by atoms with Crippen molar-refractivity contribution in [2.75, 3.05) is 0 Å². The molecule has 8 heteroatoms. The van der Waals surface area contributed by atoms with Gasteiger partial charge in [0.2, 0.25) is 0 Å². The summed E-state index contributed by atoms with van der Waals surface area (Å²) in [5.74, 6) is -14.6. The molecule has 0 aliphatic heterocycles. The molecule has 0 aromatic carbocycles. The van der Waals surface area contributed by atoms with E-state index in [-0.39, 0.29) is 0 Å². The molecule has 0 spiro atoms. The Morgan fingerprint density at radius 2 is 1.00 bits per heavy atom. The maximum Gasteiger partial charge on any atom is 0.392 e. The SMILES string of the molecule is CCC1C(C(F)(F)F)C(C(F)(F)F)C(CC)C1(F)F. The number of hydrogen-bond donors (Lipinski definition) is 0. The van der Waals surface area contributed by atoms with Crippen molar-refractivity contribution in [1.82, 2.24) is 0 Å². The van der Waals surface area contributed by atoms with Crippen LogP contribution in [0.2, 0.25) is 0 Å². The van der Waals surface area contributed by atoms with E-state index in [1.807, 2.05) is 0 Å². The standard InChI is InChI=1S/C11H14F8/c1-3-5-7(10(14,15)16)8(11(17,18)19)6(4-2)9(5,12)13/h5-8H,3-4H2,1-2H3. The predicted octanol–water partition coefficient (Wildman–Crippen LogP) is 5.04. The minimum atomic E-state index is -5.28. The molecule has 4 unspecified atom stereocenters. The van der Waals surface area contributed by atoms with Gasteiger partial charge >= 0.3 is 12.4 Å². The Hall–Kier alpha value is -0.560. The summed E-state index contributed by atoms with van der Waals surface area (Å²) in [5, 5.41) is 0. The van der Waals surface area contributed by atoms with Gasteiger partial charge in [0.15, 0.2) is 0 Å². The van der Waals surface area contributed by atoms with Crippen LogP contribution in [0.25, 0.3) is 0 Å². The molecule has 1 saturated carbocycles. The van der Waals surface area contributed by atoms with Gasteiger partial charge in [0, 0.05) is 11.8 Å². The van der Waals surface area contributed by atoms with Gasteiger partial charge in [-0.1, -0.05) is 13.8 Å². The smallest absolute Gasteiger partial charge is 0.206 e. The zero-order chi connectivity index (χ0) is 15.2. The normalized spacial score (nSPS) is 35.7. The first-order valence-corrected chi connectivity index (χ1v) is 5.90.